The van der Waals surface area contributed by atoms with E-state index in [9.17, 15) is 9.90 Å². The summed E-state index contributed by atoms with van der Waals surface area (Å²) in [6.45, 7) is 2.67. The van der Waals surface area contributed by atoms with Crippen LogP contribution in [-0.4, -0.2) is 52.0 Å². The van der Waals surface area contributed by atoms with Crippen molar-refractivity contribution in [1.82, 2.24) is 14.7 Å². The Hall–Kier alpha value is -2.34. The van der Waals surface area contributed by atoms with E-state index in [0.29, 0.717) is 18.8 Å². The molecular weight excluding hydrogens is 270 g/mol. The molecule has 1 aromatic carbocycles. The Morgan fingerprint density at radius 2 is 2.00 bits per heavy atom. The topological polar surface area (TPSA) is 67.6 Å². The number of rotatable bonds is 3. The quantitative estimate of drug-likeness (QED) is 0.914. The molecule has 1 saturated heterocycles. The zero-order valence-electron chi connectivity index (χ0n) is 12.0. The number of aryl methyl sites for hydroxylation is 1. The molecule has 1 amide bonds. The number of amides is 1. The maximum absolute atomic E-state index is 12.2. The zero-order valence-corrected chi connectivity index (χ0v) is 12.0. The second-order valence-corrected chi connectivity index (χ2v) is 5.14. The Balaban J connectivity index is 1.85. The second-order valence-electron chi connectivity index (χ2n) is 5.14. The van der Waals surface area contributed by atoms with Crippen LogP contribution < -0.4 is 4.74 Å². The molecule has 3 rings (SSSR count). The molecule has 0 aliphatic carbocycles. The molecule has 1 fully saturated rings. The van der Waals surface area contributed by atoms with E-state index in [1.165, 1.54) is 0 Å². The fourth-order valence-electron chi connectivity index (χ4n) is 2.35. The van der Waals surface area contributed by atoms with Crippen LogP contribution in [0.5, 0.6) is 5.75 Å². The van der Waals surface area contributed by atoms with E-state index >= 15 is 0 Å². The number of carbonyl (C=O) groups is 1. The smallest absolute Gasteiger partial charge is 0.274 e. The van der Waals surface area contributed by atoms with Crippen molar-refractivity contribution in [2.45, 2.75) is 13.0 Å². The van der Waals surface area contributed by atoms with Gasteiger partial charge in [0.2, 0.25) is 0 Å². The lowest BCUT2D eigenvalue weighted by Crippen LogP contribution is -2.53. The summed E-state index contributed by atoms with van der Waals surface area (Å²) in [6.07, 6.45) is -0.404. The molecule has 0 bridgehead atoms. The van der Waals surface area contributed by atoms with E-state index in [4.69, 9.17) is 4.74 Å². The number of benzene rings is 1. The number of ether oxygens (including phenoxy) is 1. The van der Waals surface area contributed by atoms with Gasteiger partial charge in [0.25, 0.3) is 5.91 Å². The highest BCUT2D eigenvalue weighted by Gasteiger charge is 2.31. The monoisotopic (exact) mass is 287 g/mol. The lowest BCUT2D eigenvalue weighted by Gasteiger charge is -2.35. The molecule has 21 heavy (non-hydrogen) atoms. The third-order valence-corrected chi connectivity index (χ3v) is 3.57. The number of aromatic nitrogens is 2. The van der Waals surface area contributed by atoms with Crippen LogP contribution in [-0.2, 0) is 0 Å². The first-order valence-corrected chi connectivity index (χ1v) is 6.77. The van der Waals surface area contributed by atoms with E-state index in [2.05, 4.69) is 5.10 Å². The van der Waals surface area contributed by atoms with Crippen LogP contribution in [0.25, 0.3) is 5.69 Å². The first-order valence-electron chi connectivity index (χ1n) is 6.77. The average molecular weight is 287 g/mol. The van der Waals surface area contributed by atoms with Gasteiger partial charge in [-0.15, -0.1) is 0 Å². The summed E-state index contributed by atoms with van der Waals surface area (Å²) in [5, 5.41) is 13.6. The SMILES string of the molecule is COc1ccc(-n2nc(C(=O)N3CC(O)C3)cc2C)cc1. The van der Waals surface area contributed by atoms with Gasteiger partial charge in [-0.05, 0) is 37.3 Å². The summed E-state index contributed by atoms with van der Waals surface area (Å²) in [5.41, 5.74) is 2.15. The number of β-amino-alcohol motifs (C(OH)–C–C–N with tert-alkyl or cyclic N) is 1. The number of hydrogen-bond donors (Lipinski definition) is 1. The van der Waals surface area contributed by atoms with Crippen molar-refractivity contribution in [3.8, 4) is 11.4 Å². The molecule has 0 unspecified atom stereocenters. The summed E-state index contributed by atoms with van der Waals surface area (Å²) < 4.78 is 6.85. The highest BCUT2D eigenvalue weighted by atomic mass is 16.5. The van der Waals surface area contributed by atoms with Crippen molar-refractivity contribution in [2.24, 2.45) is 0 Å². The van der Waals surface area contributed by atoms with Crippen molar-refractivity contribution in [3.05, 3.63) is 41.7 Å². The van der Waals surface area contributed by atoms with Crippen molar-refractivity contribution in [2.75, 3.05) is 20.2 Å². The van der Waals surface area contributed by atoms with Crippen LogP contribution in [0.4, 0.5) is 0 Å². The Labute approximate surface area is 122 Å². The summed E-state index contributed by atoms with van der Waals surface area (Å²) >= 11 is 0. The minimum absolute atomic E-state index is 0.143. The van der Waals surface area contributed by atoms with Crippen LogP contribution in [0, 0.1) is 6.92 Å². The molecule has 1 aromatic heterocycles. The molecule has 1 aliphatic heterocycles. The summed E-state index contributed by atoms with van der Waals surface area (Å²) in [5.74, 6) is 0.630. The molecule has 2 aromatic rings. The molecule has 1 aliphatic rings. The fourth-order valence-corrected chi connectivity index (χ4v) is 2.35. The molecular formula is C15H17N3O3. The van der Waals surface area contributed by atoms with Crippen LogP contribution in [0.3, 0.4) is 0 Å². The molecule has 6 nitrogen and oxygen atoms in total. The summed E-state index contributed by atoms with van der Waals surface area (Å²) in [6, 6.07) is 9.24. The van der Waals surface area contributed by atoms with Crippen LogP contribution in [0.15, 0.2) is 30.3 Å². The van der Waals surface area contributed by atoms with Crippen molar-refractivity contribution < 1.29 is 14.6 Å². The van der Waals surface area contributed by atoms with Gasteiger partial charge in [0, 0.05) is 18.8 Å². The first kappa shape index (κ1) is 13.6. The number of carbonyl (C=O) groups excluding carboxylic acids is 1. The minimum atomic E-state index is -0.404. The van der Waals surface area contributed by atoms with Crippen molar-refractivity contribution >= 4 is 5.91 Å². The Morgan fingerprint density at radius 1 is 1.33 bits per heavy atom. The Morgan fingerprint density at radius 3 is 2.57 bits per heavy atom. The maximum Gasteiger partial charge on any atom is 0.274 e. The molecule has 0 radical (unpaired) electrons. The largest absolute Gasteiger partial charge is 0.497 e. The van der Waals surface area contributed by atoms with E-state index in [1.807, 2.05) is 31.2 Å². The summed E-state index contributed by atoms with van der Waals surface area (Å²) in [4.78, 5) is 13.8. The molecule has 1 N–H and O–H groups in total. The number of aliphatic hydroxyl groups is 1. The van der Waals surface area contributed by atoms with Crippen molar-refractivity contribution in [1.29, 1.82) is 0 Å². The third kappa shape index (κ3) is 2.50. The Kier molecular flexibility index (Phi) is 3.39. The lowest BCUT2D eigenvalue weighted by molar-refractivity contribution is 0.00547. The van der Waals surface area contributed by atoms with Crippen LogP contribution in [0.2, 0.25) is 0 Å². The van der Waals surface area contributed by atoms with Gasteiger partial charge in [-0.2, -0.15) is 5.10 Å². The van der Waals surface area contributed by atoms with Gasteiger partial charge in [-0.25, -0.2) is 4.68 Å². The second kappa shape index (κ2) is 5.21. The van der Waals surface area contributed by atoms with E-state index in [0.717, 1.165) is 17.1 Å². The van der Waals surface area contributed by atoms with E-state index < -0.39 is 6.10 Å². The fraction of sp³-hybridized carbons (Fsp3) is 0.333. The lowest BCUT2D eigenvalue weighted by atomic mass is 10.1. The predicted octanol–water partition coefficient (Wildman–Crippen LogP) is 1.01. The molecule has 0 spiro atoms. The molecule has 0 atom stereocenters. The van der Waals surface area contributed by atoms with Gasteiger partial charge >= 0.3 is 0 Å². The number of likely N-dealkylation sites (tertiary alicyclic amines) is 1. The van der Waals surface area contributed by atoms with Gasteiger partial charge < -0.3 is 14.7 Å². The molecule has 0 saturated carbocycles. The average Bonchev–Trinajstić information content (AvgIpc) is 2.85. The zero-order chi connectivity index (χ0) is 15.0. The highest BCUT2D eigenvalue weighted by Crippen LogP contribution is 2.18. The van der Waals surface area contributed by atoms with Gasteiger partial charge in [0.05, 0.1) is 18.9 Å². The number of nitrogens with zero attached hydrogens (tertiary/aromatic N) is 3. The maximum atomic E-state index is 12.2. The van der Waals surface area contributed by atoms with Gasteiger partial charge in [-0.1, -0.05) is 0 Å². The Bertz CT molecular complexity index is 657. The predicted molar refractivity (Wildman–Crippen MR) is 76.8 cm³/mol. The molecule has 2 heterocycles. The van der Waals surface area contributed by atoms with Crippen molar-refractivity contribution in [3.63, 3.8) is 0 Å². The molecule has 110 valence electrons. The van der Waals surface area contributed by atoms with E-state index in [1.54, 1.807) is 22.8 Å². The highest BCUT2D eigenvalue weighted by molar-refractivity contribution is 5.93. The summed E-state index contributed by atoms with van der Waals surface area (Å²) in [7, 11) is 1.62. The first-order chi connectivity index (χ1) is 10.1. The third-order valence-electron chi connectivity index (χ3n) is 3.57. The molecule has 6 heteroatoms. The normalized spacial score (nSPS) is 14.9. The van der Waals surface area contributed by atoms with Gasteiger partial charge in [0.15, 0.2) is 5.69 Å². The van der Waals surface area contributed by atoms with Crippen LogP contribution in [0.1, 0.15) is 16.2 Å². The number of hydrogen-bond acceptors (Lipinski definition) is 4. The van der Waals surface area contributed by atoms with Crippen LogP contribution >= 0.6 is 0 Å². The van der Waals surface area contributed by atoms with Gasteiger partial charge in [-0.3, -0.25) is 4.79 Å². The number of methoxy groups -OCH3 is 1. The standard InChI is InChI=1S/C15H17N3O3/c1-10-7-14(15(20)17-8-12(19)9-17)16-18(10)11-3-5-13(21-2)6-4-11/h3-7,12,19H,8-9H2,1-2H3. The van der Waals surface area contributed by atoms with Gasteiger partial charge in [0.1, 0.15) is 5.75 Å². The van der Waals surface area contributed by atoms with E-state index in [-0.39, 0.29) is 5.91 Å². The minimum Gasteiger partial charge on any atom is -0.497 e. The number of aliphatic hydroxyl groups excluding tert-OH is 1.